The summed E-state index contributed by atoms with van der Waals surface area (Å²) in [5.41, 5.74) is 3.46. The minimum atomic E-state index is 0.302. The van der Waals surface area contributed by atoms with Gasteiger partial charge in [0.05, 0.1) is 23.2 Å². The highest BCUT2D eigenvalue weighted by molar-refractivity contribution is 5.88. The average molecular weight is 329 g/mol. The van der Waals surface area contributed by atoms with E-state index < -0.39 is 0 Å². The normalized spacial score (nSPS) is 11.0. The van der Waals surface area contributed by atoms with Crippen LogP contribution in [0.1, 0.15) is 22.6 Å². The van der Waals surface area contributed by atoms with Gasteiger partial charge in [-0.1, -0.05) is 12.1 Å². The van der Waals surface area contributed by atoms with Gasteiger partial charge in [0.15, 0.2) is 0 Å². The SMILES string of the molecule is Cc1cncc(C(C#N)=Cc2ccc(Oc3nccc(C)n3)cc2)n1. The molecule has 25 heavy (non-hydrogen) atoms. The van der Waals surface area contributed by atoms with Crippen LogP contribution in [0.4, 0.5) is 0 Å². The molecule has 0 atom stereocenters. The maximum atomic E-state index is 9.38. The number of benzene rings is 1. The van der Waals surface area contributed by atoms with Gasteiger partial charge >= 0.3 is 6.01 Å². The van der Waals surface area contributed by atoms with Gasteiger partial charge < -0.3 is 4.74 Å². The van der Waals surface area contributed by atoms with Crippen molar-refractivity contribution in [1.82, 2.24) is 19.9 Å². The Morgan fingerprint density at radius 2 is 1.84 bits per heavy atom. The van der Waals surface area contributed by atoms with Crippen molar-refractivity contribution in [3.63, 3.8) is 0 Å². The third-order valence-corrected chi connectivity index (χ3v) is 3.32. The molecule has 0 saturated carbocycles. The molecular formula is C19H15N5O. The number of nitriles is 1. The van der Waals surface area contributed by atoms with Gasteiger partial charge in [-0.05, 0) is 43.7 Å². The summed E-state index contributed by atoms with van der Waals surface area (Å²) in [6.07, 6.45) is 6.64. The van der Waals surface area contributed by atoms with Crippen molar-refractivity contribution < 1.29 is 4.74 Å². The molecule has 0 fully saturated rings. The first-order valence-electron chi connectivity index (χ1n) is 7.62. The summed E-state index contributed by atoms with van der Waals surface area (Å²) in [6, 6.07) is 11.6. The van der Waals surface area contributed by atoms with Crippen molar-refractivity contribution in [2.45, 2.75) is 13.8 Å². The van der Waals surface area contributed by atoms with Gasteiger partial charge in [-0.25, -0.2) is 15.0 Å². The van der Waals surface area contributed by atoms with E-state index in [1.165, 1.54) is 0 Å². The number of rotatable bonds is 4. The summed E-state index contributed by atoms with van der Waals surface area (Å²) in [5.74, 6) is 0.622. The highest BCUT2D eigenvalue weighted by Crippen LogP contribution is 2.21. The molecule has 0 aliphatic heterocycles. The van der Waals surface area contributed by atoms with E-state index in [2.05, 4.69) is 26.0 Å². The van der Waals surface area contributed by atoms with E-state index in [1.807, 2.05) is 26.0 Å². The fraction of sp³-hybridized carbons (Fsp3) is 0.105. The van der Waals surface area contributed by atoms with Crippen LogP contribution >= 0.6 is 0 Å². The van der Waals surface area contributed by atoms with Gasteiger partial charge in [-0.2, -0.15) is 5.26 Å². The van der Waals surface area contributed by atoms with Crippen LogP contribution in [0.2, 0.25) is 0 Å². The van der Waals surface area contributed by atoms with Crippen molar-refractivity contribution in [2.75, 3.05) is 0 Å². The zero-order valence-electron chi connectivity index (χ0n) is 13.8. The zero-order chi connectivity index (χ0) is 17.6. The highest BCUT2D eigenvalue weighted by atomic mass is 16.5. The third kappa shape index (κ3) is 4.24. The van der Waals surface area contributed by atoms with Crippen LogP contribution in [0.3, 0.4) is 0 Å². The molecule has 0 radical (unpaired) electrons. The second-order valence-corrected chi connectivity index (χ2v) is 5.37. The molecule has 6 heteroatoms. The molecule has 2 aromatic heterocycles. The smallest absolute Gasteiger partial charge is 0.322 e. The molecule has 0 spiro atoms. The number of hydrogen-bond acceptors (Lipinski definition) is 6. The first-order valence-corrected chi connectivity index (χ1v) is 7.62. The molecule has 0 aliphatic carbocycles. The van der Waals surface area contributed by atoms with Gasteiger partial charge in [0.1, 0.15) is 11.8 Å². The van der Waals surface area contributed by atoms with E-state index in [9.17, 15) is 5.26 Å². The lowest BCUT2D eigenvalue weighted by atomic mass is 10.1. The number of aryl methyl sites for hydroxylation is 2. The van der Waals surface area contributed by atoms with Crippen molar-refractivity contribution in [2.24, 2.45) is 0 Å². The number of hydrogen-bond donors (Lipinski definition) is 0. The molecule has 0 saturated heterocycles. The predicted octanol–water partition coefficient (Wildman–Crippen LogP) is 3.74. The van der Waals surface area contributed by atoms with Gasteiger partial charge in [-0.3, -0.25) is 4.98 Å². The van der Waals surface area contributed by atoms with Crippen LogP contribution in [0.5, 0.6) is 11.8 Å². The van der Waals surface area contributed by atoms with Gasteiger partial charge in [0.25, 0.3) is 0 Å². The Labute approximate surface area is 145 Å². The molecule has 0 N–H and O–H groups in total. The summed E-state index contributed by atoms with van der Waals surface area (Å²) in [5, 5.41) is 9.38. The fourth-order valence-corrected chi connectivity index (χ4v) is 2.14. The molecule has 0 bridgehead atoms. The standard InChI is InChI=1S/C19H15N5O/c1-13-7-8-22-19(24-13)25-17-5-3-15(4-6-17)9-16(10-20)18-12-21-11-14(2)23-18/h3-9,11-12H,1-2H3. The fourth-order valence-electron chi connectivity index (χ4n) is 2.14. The zero-order valence-corrected chi connectivity index (χ0v) is 13.8. The molecule has 3 aromatic rings. The van der Waals surface area contributed by atoms with Crippen LogP contribution in [0, 0.1) is 25.2 Å². The second kappa shape index (κ2) is 7.32. The van der Waals surface area contributed by atoms with Gasteiger partial charge in [0.2, 0.25) is 0 Å². The van der Waals surface area contributed by atoms with Crippen LogP contribution in [-0.2, 0) is 0 Å². The van der Waals surface area contributed by atoms with E-state index in [-0.39, 0.29) is 0 Å². The number of nitrogens with zero attached hydrogens (tertiary/aromatic N) is 5. The highest BCUT2D eigenvalue weighted by Gasteiger charge is 2.05. The average Bonchev–Trinajstić information content (AvgIpc) is 2.61. The van der Waals surface area contributed by atoms with E-state index in [0.717, 1.165) is 17.0 Å². The van der Waals surface area contributed by atoms with E-state index in [4.69, 9.17) is 4.74 Å². The monoisotopic (exact) mass is 329 g/mol. The quantitative estimate of drug-likeness (QED) is 0.678. The number of allylic oxidation sites excluding steroid dienone is 1. The molecule has 0 unspecified atom stereocenters. The van der Waals surface area contributed by atoms with E-state index in [1.54, 1.807) is 42.9 Å². The molecule has 1 aromatic carbocycles. The van der Waals surface area contributed by atoms with Gasteiger partial charge in [0, 0.05) is 18.1 Å². The number of ether oxygens (including phenoxy) is 1. The lowest BCUT2D eigenvalue weighted by Crippen LogP contribution is -1.93. The van der Waals surface area contributed by atoms with Crippen molar-refractivity contribution in [3.05, 3.63) is 71.6 Å². The summed E-state index contributed by atoms with van der Waals surface area (Å²) < 4.78 is 5.62. The molecule has 0 amide bonds. The lowest BCUT2D eigenvalue weighted by Gasteiger charge is -2.04. The molecule has 3 rings (SSSR count). The Bertz CT molecular complexity index is 958. The molecular weight excluding hydrogens is 314 g/mol. The second-order valence-electron chi connectivity index (χ2n) is 5.37. The summed E-state index contributed by atoms with van der Waals surface area (Å²) in [6.45, 7) is 3.71. The Hall–Kier alpha value is -3.59. The first kappa shape index (κ1) is 16.3. The Balaban J connectivity index is 1.81. The molecule has 2 heterocycles. The topological polar surface area (TPSA) is 84.6 Å². The lowest BCUT2D eigenvalue weighted by molar-refractivity contribution is 0.440. The predicted molar refractivity (Wildman–Crippen MR) is 93.5 cm³/mol. The van der Waals surface area contributed by atoms with Crippen LogP contribution in [-0.4, -0.2) is 19.9 Å². The summed E-state index contributed by atoms with van der Waals surface area (Å²) >= 11 is 0. The molecule has 0 aliphatic rings. The maximum absolute atomic E-state index is 9.38. The van der Waals surface area contributed by atoms with Crippen LogP contribution in [0.25, 0.3) is 11.6 Å². The van der Waals surface area contributed by atoms with Crippen LogP contribution in [0.15, 0.2) is 48.9 Å². The minimum Gasteiger partial charge on any atom is -0.424 e. The largest absolute Gasteiger partial charge is 0.424 e. The van der Waals surface area contributed by atoms with E-state index in [0.29, 0.717) is 23.0 Å². The molecule has 122 valence electrons. The van der Waals surface area contributed by atoms with E-state index >= 15 is 0 Å². The summed E-state index contributed by atoms with van der Waals surface area (Å²) in [7, 11) is 0. The first-order chi connectivity index (χ1) is 12.1. The Kier molecular flexibility index (Phi) is 4.77. The Morgan fingerprint density at radius 1 is 1.04 bits per heavy atom. The van der Waals surface area contributed by atoms with Gasteiger partial charge in [-0.15, -0.1) is 0 Å². The third-order valence-electron chi connectivity index (χ3n) is 3.32. The maximum Gasteiger partial charge on any atom is 0.322 e. The van der Waals surface area contributed by atoms with Crippen molar-refractivity contribution >= 4 is 11.6 Å². The van der Waals surface area contributed by atoms with Crippen molar-refractivity contribution in [1.29, 1.82) is 5.26 Å². The minimum absolute atomic E-state index is 0.302. The number of aromatic nitrogens is 4. The molecule has 6 nitrogen and oxygen atoms in total. The van der Waals surface area contributed by atoms with Crippen molar-refractivity contribution in [3.8, 4) is 17.8 Å². The Morgan fingerprint density at radius 3 is 2.52 bits per heavy atom. The summed E-state index contributed by atoms with van der Waals surface area (Å²) in [4.78, 5) is 16.7. The van der Waals surface area contributed by atoms with Crippen LogP contribution < -0.4 is 4.74 Å².